The normalized spacial score (nSPS) is 10.8. The van der Waals surface area contributed by atoms with Gasteiger partial charge in [-0.15, -0.1) is 0 Å². The molecule has 0 atom stereocenters. The first-order chi connectivity index (χ1) is 8.78. The topological polar surface area (TPSA) is 55.0 Å². The molecule has 0 spiro atoms. The van der Waals surface area contributed by atoms with Gasteiger partial charge in [0.2, 0.25) is 0 Å². The Morgan fingerprint density at radius 3 is 2.50 bits per heavy atom. The molecule has 2 aromatic rings. The molecule has 94 valence electrons. The minimum Gasteiger partial charge on any atom is -0.399 e. The molecule has 0 saturated heterocycles. The SMILES string of the molecule is CCN(Cc1ccccn1)Cc1cc(N)ccn1. The molecule has 0 aliphatic heterocycles. The van der Waals surface area contributed by atoms with Gasteiger partial charge in [-0.25, -0.2) is 0 Å². The minimum atomic E-state index is 0.758. The molecule has 0 bridgehead atoms. The van der Waals surface area contributed by atoms with Gasteiger partial charge < -0.3 is 5.73 Å². The lowest BCUT2D eigenvalue weighted by Crippen LogP contribution is -2.23. The second-order valence-electron chi connectivity index (χ2n) is 4.20. The molecule has 0 radical (unpaired) electrons. The van der Waals surface area contributed by atoms with E-state index in [2.05, 4.69) is 21.8 Å². The molecule has 0 aromatic carbocycles. The standard InChI is InChI=1S/C14H18N4/c1-2-18(10-13-5-3-4-7-16-13)11-14-9-12(15)6-8-17-14/h3-9H,2,10-11H2,1H3,(H2,15,17). The predicted molar refractivity (Wildman–Crippen MR) is 72.7 cm³/mol. The molecular formula is C14H18N4. The lowest BCUT2D eigenvalue weighted by Gasteiger charge is -2.19. The minimum absolute atomic E-state index is 0.758. The first-order valence-electron chi connectivity index (χ1n) is 6.10. The van der Waals surface area contributed by atoms with Crippen LogP contribution in [0.3, 0.4) is 0 Å². The molecule has 2 heterocycles. The Balaban J connectivity index is 2.01. The maximum absolute atomic E-state index is 5.76. The molecule has 2 aromatic heterocycles. The third kappa shape index (κ3) is 3.53. The average Bonchev–Trinajstić information content (AvgIpc) is 2.39. The zero-order valence-corrected chi connectivity index (χ0v) is 10.6. The zero-order valence-electron chi connectivity index (χ0n) is 10.6. The van der Waals surface area contributed by atoms with Gasteiger partial charge in [-0.05, 0) is 30.8 Å². The van der Waals surface area contributed by atoms with Crippen molar-refractivity contribution in [2.75, 3.05) is 12.3 Å². The van der Waals surface area contributed by atoms with Crippen LogP contribution in [0.25, 0.3) is 0 Å². The van der Waals surface area contributed by atoms with Crippen molar-refractivity contribution in [2.24, 2.45) is 0 Å². The van der Waals surface area contributed by atoms with E-state index in [0.29, 0.717) is 0 Å². The summed E-state index contributed by atoms with van der Waals surface area (Å²) in [4.78, 5) is 10.9. The fourth-order valence-electron chi connectivity index (χ4n) is 1.81. The first kappa shape index (κ1) is 12.5. The van der Waals surface area contributed by atoms with E-state index in [-0.39, 0.29) is 0 Å². The summed E-state index contributed by atoms with van der Waals surface area (Å²) in [6.45, 7) is 4.70. The highest BCUT2D eigenvalue weighted by atomic mass is 15.1. The largest absolute Gasteiger partial charge is 0.399 e. The van der Waals surface area contributed by atoms with Crippen LogP contribution in [0.1, 0.15) is 18.3 Å². The van der Waals surface area contributed by atoms with Crippen LogP contribution in [-0.2, 0) is 13.1 Å². The van der Waals surface area contributed by atoms with Crippen molar-refractivity contribution in [3.05, 3.63) is 54.1 Å². The maximum Gasteiger partial charge on any atom is 0.0564 e. The van der Waals surface area contributed by atoms with Gasteiger partial charge in [0.1, 0.15) is 0 Å². The summed E-state index contributed by atoms with van der Waals surface area (Å²) in [7, 11) is 0. The molecule has 0 aliphatic rings. The van der Waals surface area contributed by atoms with Crippen molar-refractivity contribution < 1.29 is 0 Å². The molecular weight excluding hydrogens is 224 g/mol. The Hall–Kier alpha value is -1.94. The van der Waals surface area contributed by atoms with Crippen LogP contribution in [0.2, 0.25) is 0 Å². The molecule has 0 amide bonds. The van der Waals surface area contributed by atoms with Gasteiger partial charge in [0, 0.05) is 31.2 Å². The highest BCUT2D eigenvalue weighted by molar-refractivity contribution is 5.37. The smallest absolute Gasteiger partial charge is 0.0564 e. The van der Waals surface area contributed by atoms with E-state index in [1.54, 1.807) is 12.3 Å². The molecule has 4 heteroatoms. The van der Waals surface area contributed by atoms with Crippen LogP contribution >= 0.6 is 0 Å². The number of pyridine rings is 2. The summed E-state index contributed by atoms with van der Waals surface area (Å²) >= 11 is 0. The highest BCUT2D eigenvalue weighted by Gasteiger charge is 2.06. The number of rotatable bonds is 5. The Morgan fingerprint density at radius 2 is 1.83 bits per heavy atom. The highest BCUT2D eigenvalue weighted by Crippen LogP contribution is 2.08. The average molecular weight is 242 g/mol. The monoisotopic (exact) mass is 242 g/mol. The van der Waals surface area contributed by atoms with Crippen molar-refractivity contribution in [3.63, 3.8) is 0 Å². The quantitative estimate of drug-likeness (QED) is 0.872. The van der Waals surface area contributed by atoms with E-state index in [1.807, 2.05) is 30.5 Å². The van der Waals surface area contributed by atoms with Gasteiger partial charge in [-0.3, -0.25) is 14.9 Å². The van der Waals surface area contributed by atoms with E-state index in [4.69, 9.17) is 5.73 Å². The van der Waals surface area contributed by atoms with Crippen LogP contribution in [0.4, 0.5) is 5.69 Å². The zero-order chi connectivity index (χ0) is 12.8. The fourth-order valence-corrected chi connectivity index (χ4v) is 1.81. The molecule has 0 aliphatic carbocycles. The number of nitrogens with two attached hydrogens (primary N) is 1. The van der Waals surface area contributed by atoms with Crippen molar-refractivity contribution >= 4 is 5.69 Å². The molecule has 4 nitrogen and oxygen atoms in total. The fraction of sp³-hybridized carbons (Fsp3) is 0.286. The summed E-state index contributed by atoms with van der Waals surface area (Å²) in [6, 6.07) is 9.70. The second kappa shape index (κ2) is 6.12. The van der Waals surface area contributed by atoms with Gasteiger partial charge in [0.15, 0.2) is 0 Å². The number of hydrogen-bond acceptors (Lipinski definition) is 4. The first-order valence-corrected chi connectivity index (χ1v) is 6.10. The van der Waals surface area contributed by atoms with Crippen LogP contribution in [0, 0.1) is 0 Å². The third-order valence-electron chi connectivity index (χ3n) is 2.79. The van der Waals surface area contributed by atoms with Crippen LogP contribution < -0.4 is 5.73 Å². The number of nitrogens with zero attached hydrogens (tertiary/aromatic N) is 3. The molecule has 2 rings (SSSR count). The van der Waals surface area contributed by atoms with E-state index in [1.165, 1.54) is 0 Å². The number of anilines is 1. The maximum atomic E-state index is 5.76. The van der Waals surface area contributed by atoms with E-state index in [9.17, 15) is 0 Å². The molecule has 0 fully saturated rings. The van der Waals surface area contributed by atoms with E-state index >= 15 is 0 Å². The van der Waals surface area contributed by atoms with Gasteiger partial charge in [0.25, 0.3) is 0 Å². The van der Waals surface area contributed by atoms with E-state index in [0.717, 1.165) is 36.7 Å². The lowest BCUT2D eigenvalue weighted by molar-refractivity contribution is 0.265. The summed E-state index contributed by atoms with van der Waals surface area (Å²) < 4.78 is 0. The van der Waals surface area contributed by atoms with Gasteiger partial charge in [0.05, 0.1) is 11.4 Å². The van der Waals surface area contributed by atoms with Gasteiger partial charge in [-0.2, -0.15) is 0 Å². The van der Waals surface area contributed by atoms with Crippen molar-refractivity contribution in [3.8, 4) is 0 Å². The van der Waals surface area contributed by atoms with Crippen molar-refractivity contribution in [2.45, 2.75) is 20.0 Å². The van der Waals surface area contributed by atoms with Crippen LogP contribution in [0.15, 0.2) is 42.7 Å². The van der Waals surface area contributed by atoms with Crippen molar-refractivity contribution in [1.29, 1.82) is 0 Å². The summed E-state index contributed by atoms with van der Waals surface area (Å²) in [6.07, 6.45) is 3.57. The van der Waals surface area contributed by atoms with Gasteiger partial charge >= 0.3 is 0 Å². The Morgan fingerprint density at radius 1 is 1.06 bits per heavy atom. The third-order valence-corrected chi connectivity index (χ3v) is 2.79. The summed E-state index contributed by atoms with van der Waals surface area (Å²) in [5.41, 5.74) is 8.58. The van der Waals surface area contributed by atoms with Gasteiger partial charge in [-0.1, -0.05) is 13.0 Å². The summed E-state index contributed by atoms with van der Waals surface area (Å²) in [5, 5.41) is 0. The molecule has 18 heavy (non-hydrogen) atoms. The lowest BCUT2D eigenvalue weighted by atomic mass is 10.2. The van der Waals surface area contributed by atoms with Crippen LogP contribution in [-0.4, -0.2) is 21.4 Å². The Kier molecular flexibility index (Phi) is 4.25. The van der Waals surface area contributed by atoms with Crippen molar-refractivity contribution in [1.82, 2.24) is 14.9 Å². The number of aromatic nitrogens is 2. The van der Waals surface area contributed by atoms with E-state index < -0.39 is 0 Å². The Bertz CT molecular complexity index is 484. The predicted octanol–water partition coefficient (Wildman–Crippen LogP) is 2.08. The number of hydrogen-bond donors (Lipinski definition) is 1. The number of nitrogen functional groups attached to an aromatic ring is 1. The molecule has 0 unspecified atom stereocenters. The molecule has 2 N–H and O–H groups in total. The van der Waals surface area contributed by atoms with Crippen LogP contribution in [0.5, 0.6) is 0 Å². The molecule has 0 saturated carbocycles. The summed E-state index contributed by atoms with van der Waals surface area (Å²) in [5.74, 6) is 0. The Labute approximate surface area is 107 Å². The second-order valence-corrected chi connectivity index (χ2v) is 4.20.